The van der Waals surface area contributed by atoms with E-state index in [1.54, 1.807) is 0 Å². The number of fused-ring (bicyclic) bond motifs is 1. The predicted molar refractivity (Wildman–Crippen MR) is 125 cm³/mol. The van der Waals surface area contributed by atoms with Gasteiger partial charge in [-0.25, -0.2) is 4.99 Å². The second-order valence-electron chi connectivity index (χ2n) is 6.73. The minimum absolute atomic E-state index is 0. The molecule has 0 aliphatic carbocycles. The Bertz CT molecular complexity index is 754. The molecule has 0 saturated carbocycles. The molecule has 1 amide bonds. The minimum atomic E-state index is 0. The Labute approximate surface area is 184 Å². The Morgan fingerprint density at radius 3 is 2.29 bits per heavy atom. The van der Waals surface area contributed by atoms with Crippen LogP contribution >= 0.6 is 24.0 Å². The van der Waals surface area contributed by atoms with Crippen molar-refractivity contribution in [1.29, 1.82) is 0 Å². The summed E-state index contributed by atoms with van der Waals surface area (Å²) in [5.74, 6) is 1.02. The Morgan fingerprint density at radius 1 is 1.00 bits per heavy atom. The van der Waals surface area contributed by atoms with E-state index in [-0.39, 0.29) is 29.9 Å². The first-order valence-corrected chi connectivity index (χ1v) is 9.67. The van der Waals surface area contributed by atoms with Gasteiger partial charge in [0.15, 0.2) is 5.96 Å². The van der Waals surface area contributed by atoms with Crippen molar-refractivity contribution in [3.05, 3.63) is 71.3 Å². The summed E-state index contributed by atoms with van der Waals surface area (Å²) in [6.07, 6.45) is 1.35. The lowest BCUT2D eigenvalue weighted by atomic mass is 10.1. The molecular weight excluding hydrogens is 463 g/mol. The number of benzene rings is 2. The monoisotopic (exact) mass is 492 g/mol. The van der Waals surface area contributed by atoms with Crippen molar-refractivity contribution in [2.24, 2.45) is 4.99 Å². The number of hydrogen-bond donors (Lipinski definition) is 2. The number of halogens is 1. The second kappa shape index (κ2) is 11.7. The highest BCUT2D eigenvalue weighted by molar-refractivity contribution is 14.0. The maximum atomic E-state index is 12.4. The molecule has 28 heavy (non-hydrogen) atoms. The Hall–Kier alpha value is -2.09. The smallest absolute Gasteiger partial charge is 0.223 e. The van der Waals surface area contributed by atoms with Crippen LogP contribution in [0.25, 0.3) is 0 Å². The van der Waals surface area contributed by atoms with Crippen LogP contribution in [0, 0.1) is 0 Å². The van der Waals surface area contributed by atoms with E-state index >= 15 is 0 Å². The van der Waals surface area contributed by atoms with Gasteiger partial charge in [-0.05, 0) is 30.0 Å². The van der Waals surface area contributed by atoms with Gasteiger partial charge >= 0.3 is 0 Å². The van der Waals surface area contributed by atoms with Gasteiger partial charge in [0, 0.05) is 32.6 Å². The topological polar surface area (TPSA) is 56.7 Å². The third kappa shape index (κ3) is 6.51. The lowest BCUT2D eigenvalue weighted by Gasteiger charge is -2.16. The van der Waals surface area contributed by atoms with Crippen LogP contribution in [0.2, 0.25) is 0 Å². The summed E-state index contributed by atoms with van der Waals surface area (Å²) in [6.45, 7) is 5.71. The van der Waals surface area contributed by atoms with Crippen molar-refractivity contribution in [3.8, 4) is 0 Å². The first-order chi connectivity index (χ1) is 13.3. The number of aliphatic imine (C=N–C) groups is 1. The SMILES string of the molecule is CCNC(=NCc1ccccc1)NCCCC(=O)N1Cc2ccccc2C1.I. The van der Waals surface area contributed by atoms with Crippen molar-refractivity contribution < 1.29 is 4.79 Å². The van der Waals surface area contributed by atoms with Crippen LogP contribution in [0.15, 0.2) is 59.6 Å². The van der Waals surface area contributed by atoms with E-state index in [4.69, 9.17) is 0 Å². The van der Waals surface area contributed by atoms with Gasteiger partial charge in [-0.2, -0.15) is 0 Å². The van der Waals surface area contributed by atoms with E-state index in [9.17, 15) is 4.79 Å². The van der Waals surface area contributed by atoms with Crippen LogP contribution in [0.4, 0.5) is 0 Å². The first-order valence-electron chi connectivity index (χ1n) is 9.67. The van der Waals surface area contributed by atoms with Crippen LogP contribution in [-0.4, -0.2) is 29.9 Å². The number of carbonyl (C=O) groups is 1. The fraction of sp³-hybridized carbons (Fsp3) is 0.364. The van der Waals surface area contributed by atoms with Gasteiger partial charge in [0.1, 0.15) is 0 Å². The molecule has 0 fully saturated rings. The molecule has 2 aromatic carbocycles. The predicted octanol–water partition coefficient (Wildman–Crippen LogP) is 3.68. The van der Waals surface area contributed by atoms with Gasteiger partial charge in [-0.1, -0.05) is 54.6 Å². The van der Waals surface area contributed by atoms with Crippen molar-refractivity contribution in [1.82, 2.24) is 15.5 Å². The fourth-order valence-corrected chi connectivity index (χ4v) is 3.21. The van der Waals surface area contributed by atoms with Crippen molar-refractivity contribution in [2.45, 2.75) is 39.4 Å². The molecule has 0 spiro atoms. The first kappa shape index (κ1) is 22.2. The summed E-state index contributed by atoms with van der Waals surface area (Å²) >= 11 is 0. The molecule has 2 N–H and O–H groups in total. The van der Waals surface area contributed by atoms with Gasteiger partial charge in [-0.3, -0.25) is 4.79 Å². The number of rotatable bonds is 7. The summed E-state index contributed by atoms with van der Waals surface area (Å²) < 4.78 is 0. The second-order valence-corrected chi connectivity index (χ2v) is 6.73. The highest BCUT2D eigenvalue weighted by Gasteiger charge is 2.22. The maximum Gasteiger partial charge on any atom is 0.223 e. The third-order valence-corrected chi connectivity index (χ3v) is 4.66. The zero-order valence-electron chi connectivity index (χ0n) is 16.4. The summed E-state index contributed by atoms with van der Waals surface area (Å²) in [5, 5.41) is 6.57. The molecule has 0 saturated heterocycles. The number of hydrogen-bond acceptors (Lipinski definition) is 2. The largest absolute Gasteiger partial charge is 0.357 e. The van der Waals surface area contributed by atoms with Gasteiger partial charge in [-0.15, -0.1) is 24.0 Å². The summed E-state index contributed by atoms with van der Waals surface area (Å²) in [5.41, 5.74) is 3.72. The number of nitrogens with zero attached hydrogens (tertiary/aromatic N) is 2. The van der Waals surface area contributed by atoms with E-state index in [2.05, 4.69) is 39.9 Å². The lowest BCUT2D eigenvalue weighted by molar-refractivity contribution is -0.131. The Balaban J connectivity index is 0.00000280. The summed E-state index contributed by atoms with van der Waals surface area (Å²) in [6, 6.07) is 18.5. The normalized spacial score (nSPS) is 12.9. The van der Waals surface area contributed by atoms with Gasteiger partial charge in [0.05, 0.1) is 6.54 Å². The van der Waals surface area contributed by atoms with Crippen LogP contribution < -0.4 is 10.6 Å². The van der Waals surface area contributed by atoms with Crippen molar-refractivity contribution >= 4 is 35.8 Å². The average Bonchev–Trinajstić information content (AvgIpc) is 3.14. The van der Waals surface area contributed by atoms with Crippen LogP contribution in [0.3, 0.4) is 0 Å². The molecule has 0 unspecified atom stereocenters. The van der Waals surface area contributed by atoms with Gasteiger partial charge in [0.2, 0.25) is 5.91 Å². The molecule has 0 atom stereocenters. The molecule has 1 aliphatic heterocycles. The highest BCUT2D eigenvalue weighted by atomic mass is 127. The number of nitrogens with one attached hydrogen (secondary N) is 2. The van der Waals surface area contributed by atoms with Crippen LogP contribution in [0.5, 0.6) is 0 Å². The third-order valence-electron chi connectivity index (χ3n) is 4.66. The van der Waals surface area contributed by atoms with E-state index in [1.807, 2.05) is 42.2 Å². The average molecular weight is 492 g/mol. The molecule has 5 nitrogen and oxygen atoms in total. The van der Waals surface area contributed by atoms with Gasteiger partial charge < -0.3 is 15.5 Å². The van der Waals surface area contributed by atoms with Crippen LogP contribution in [0.1, 0.15) is 36.5 Å². The molecule has 2 aromatic rings. The molecule has 3 rings (SSSR count). The number of guanidine groups is 1. The lowest BCUT2D eigenvalue weighted by Crippen LogP contribution is -2.38. The number of amides is 1. The van der Waals surface area contributed by atoms with E-state index in [0.717, 1.165) is 38.6 Å². The molecule has 0 bridgehead atoms. The summed E-state index contributed by atoms with van der Waals surface area (Å²) in [7, 11) is 0. The molecule has 1 aliphatic rings. The molecule has 0 aromatic heterocycles. The van der Waals surface area contributed by atoms with Crippen LogP contribution in [-0.2, 0) is 24.4 Å². The molecule has 0 radical (unpaired) electrons. The Morgan fingerprint density at radius 2 is 1.64 bits per heavy atom. The van der Waals surface area contributed by atoms with E-state index in [0.29, 0.717) is 13.0 Å². The summed E-state index contributed by atoms with van der Waals surface area (Å²) in [4.78, 5) is 19.0. The van der Waals surface area contributed by atoms with E-state index in [1.165, 1.54) is 16.7 Å². The quantitative estimate of drug-likeness (QED) is 0.269. The van der Waals surface area contributed by atoms with Crippen molar-refractivity contribution in [3.63, 3.8) is 0 Å². The molecular formula is C22H29IN4O. The molecule has 1 heterocycles. The van der Waals surface area contributed by atoms with Gasteiger partial charge in [0.25, 0.3) is 0 Å². The minimum Gasteiger partial charge on any atom is -0.357 e. The van der Waals surface area contributed by atoms with Crippen molar-refractivity contribution in [2.75, 3.05) is 13.1 Å². The highest BCUT2D eigenvalue weighted by Crippen LogP contribution is 2.22. The molecule has 150 valence electrons. The zero-order chi connectivity index (χ0) is 18.9. The maximum absolute atomic E-state index is 12.4. The standard InChI is InChI=1S/C22H28N4O.HI/c1-2-23-22(25-15-18-9-4-3-5-10-18)24-14-8-13-21(27)26-16-19-11-6-7-12-20(19)17-26;/h3-7,9-12H,2,8,13-17H2,1H3,(H2,23,24,25);1H. The Kier molecular flexibility index (Phi) is 9.27. The number of carbonyl (C=O) groups excluding carboxylic acids is 1. The van der Waals surface area contributed by atoms with E-state index < -0.39 is 0 Å². The fourth-order valence-electron chi connectivity index (χ4n) is 3.21. The zero-order valence-corrected chi connectivity index (χ0v) is 18.7. The molecule has 6 heteroatoms.